The molecule has 0 spiro atoms. The Morgan fingerprint density at radius 2 is 1.88 bits per heavy atom. The molecule has 166 valence electrons. The molecular formula is C25H27FN4O2. The van der Waals surface area contributed by atoms with Gasteiger partial charge in [-0.15, -0.1) is 0 Å². The maximum Gasteiger partial charge on any atom is 0.276 e. The number of nitrogens with zero attached hydrogens (tertiary/aromatic N) is 3. The van der Waals surface area contributed by atoms with E-state index in [1.807, 2.05) is 31.2 Å². The molecule has 6 nitrogen and oxygen atoms in total. The number of hydrogen-bond acceptors (Lipinski definition) is 3. The quantitative estimate of drug-likeness (QED) is 0.621. The third-order valence-electron chi connectivity index (χ3n) is 5.85. The predicted octanol–water partition coefficient (Wildman–Crippen LogP) is 4.51. The first kappa shape index (κ1) is 21.7. The van der Waals surface area contributed by atoms with Crippen molar-refractivity contribution in [3.63, 3.8) is 0 Å². The molecule has 1 aliphatic rings. The van der Waals surface area contributed by atoms with Crippen molar-refractivity contribution in [2.24, 2.45) is 0 Å². The van der Waals surface area contributed by atoms with Gasteiger partial charge in [0.15, 0.2) is 5.69 Å². The van der Waals surface area contributed by atoms with Crippen LogP contribution in [0.5, 0.6) is 0 Å². The molecule has 1 aliphatic carbocycles. The van der Waals surface area contributed by atoms with Crippen LogP contribution in [0, 0.1) is 5.82 Å². The second-order valence-electron chi connectivity index (χ2n) is 8.06. The van der Waals surface area contributed by atoms with E-state index in [4.69, 9.17) is 0 Å². The second-order valence-corrected chi connectivity index (χ2v) is 8.06. The van der Waals surface area contributed by atoms with Crippen LogP contribution in [0.3, 0.4) is 0 Å². The van der Waals surface area contributed by atoms with E-state index in [1.165, 1.54) is 12.1 Å². The van der Waals surface area contributed by atoms with Crippen LogP contribution in [0.1, 0.15) is 54.0 Å². The number of amides is 2. The zero-order chi connectivity index (χ0) is 22.7. The summed E-state index contributed by atoms with van der Waals surface area (Å²) in [6, 6.07) is 13.7. The van der Waals surface area contributed by atoms with Gasteiger partial charge in [-0.2, -0.15) is 5.10 Å². The lowest BCUT2D eigenvalue weighted by Crippen LogP contribution is -2.27. The van der Waals surface area contributed by atoms with Crippen molar-refractivity contribution in [1.82, 2.24) is 14.7 Å². The van der Waals surface area contributed by atoms with Gasteiger partial charge in [-0.25, -0.2) is 9.07 Å². The maximum atomic E-state index is 13.4. The molecule has 0 saturated heterocycles. The Morgan fingerprint density at radius 1 is 1.12 bits per heavy atom. The third-order valence-corrected chi connectivity index (χ3v) is 5.85. The number of aromatic nitrogens is 2. The van der Waals surface area contributed by atoms with Gasteiger partial charge in [-0.05, 0) is 74.6 Å². The van der Waals surface area contributed by atoms with Gasteiger partial charge in [0, 0.05) is 37.0 Å². The first-order chi connectivity index (χ1) is 15.5. The number of anilines is 1. The highest BCUT2D eigenvalue weighted by atomic mass is 19.1. The lowest BCUT2D eigenvalue weighted by Gasteiger charge is -2.19. The van der Waals surface area contributed by atoms with E-state index < -0.39 is 0 Å². The minimum Gasteiger partial charge on any atom is -0.339 e. The highest BCUT2D eigenvalue weighted by molar-refractivity contribution is 6.04. The number of rotatable bonds is 6. The Labute approximate surface area is 187 Å². The van der Waals surface area contributed by atoms with E-state index in [9.17, 15) is 14.0 Å². The minimum absolute atomic E-state index is 0.0138. The van der Waals surface area contributed by atoms with Gasteiger partial charge in [-0.1, -0.05) is 12.1 Å². The smallest absolute Gasteiger partial charge is 0.276 e. The summed E-state index contributed by atoms with van der Waals surface area (Å²) in [5, 5.41) is 7.59. The van der Waals surface area contributed by atoms with Crippen LogP contribution < -0.4 is 5.32 Å². The van der Waals surface area contributed by atoms with Crippen LogP contribution in [0.4, 0.5) is 10.1 Å². The van der Waals surface area contributed by atoms with Crippen LogP contribution in [0.25, 0.3) is 5.69 Å². The molecule has 0 saturated carbocycles. The first-order valence-corrected chi connectivity index (χ1v) is 11.0. The Kier molecular flexibility index (Phi) is 6.35. The van der Waals surface area contributed by atoms with Crippen molar-refractivity contribution < 1.29 is 14.0 Å². The van der Waals surface area contributed by atoms with Crippen molar-refractivity contribution in [1.29, 1.82) is 0 Å². The summed E-state index contributed by atoms with van der Waals surface area (Å²) in [5.41, 5.74) is 4.74. The Morgan fingerprint density at radius 3 is 2.59 bits per heavy atom. The SMILES string of the molecule is CCN(Cc1cccc(NC(=O)c2nn(-c3ccc(F)cc3)c3c2CCCC3)c1)C(C)=O. The number of hydrogen-bond donors (Lipinski definition) is 1. The fourth-order valence-corrected chi connectivity index (χ4v) is 4.18. The molecule has 2 aromatic carbocycles. The summed E-state index contributed by atoms with van der Waals surface area (Å²) in [6.45, 7) is 4.60. The summed E-state index contributed by atoms with van der Waals surface area (Å²) in [6.07, 6.45) is 3.67. The molecule has 0 bridgehead atoms. The second kappa shape index (κ2) is 9.34. The Hall–Kier alpha value is -3.48. The van der Waals surface area contributed by atoms with E-state index in [1.54, 1.807) is 28.6 Å². The first-order valence-electron chi connectivity index (χ1n) is 11.0. The van der Waals surface area contributed by atoms with Crippen molar-refractivity contribution in [3.8, 4) is 5.69 Å². The van der Waals surface area contributed by atoms with Crippen molar-refractivity contribution in [2.75, 3.05) is 11.9 Å². The monoisotopic (exact) mass is 434 g/mol. The van der Waals surface area contributed by atoms with Gasteiger partial charge >= 0.3 is 0 Å². The summed E-state index contributed by atoms with van der Waals surface area (Å²) >= 11 is 0. The molecular weight excluding hydrogens is 407 g/mol. The van der Waals surface area contributed by atoms with Gasteiger partial charge in [0.1, 0.15) is 5.82 Å². The molecule has 0 fully saturated rings. The molecule has 1 N–H and O–H groups in total. The zero-order valence-electron chi connectivity index (χ0n) is 18.4. The van der Waals surface area contributed by atoms with Gasteiger partial charge in [-0.3, -0.25) is 9.59 Å². The summed E-state index contributed by atoms with van der Waals surface area (Å²) in [4.78, 5) is 26.6. The molecule has 0 unspecified atom stereocenters. The molecule has 0 radical (unpaired) electrons. The van der Waals surface area contributed by atoms with Gasteiger partial charge < -0.3 is 10.2 Å². The molecule has 32 heavy (non-hydrogen) atoms. The van der Waals surface area contributed by atoms with Crippen molar-refractivity contribution in [3.05, 3.63) is 76.9 Å². The number of carbonyl (C=O) groups is 2. The number of fused-ring (bicyclic) bond motifs is 1. The Balaban J connectivity index is 1.60. The number of halogens is 1. The summed E-state index contributed by atoms with van der Waals surface area (Å²) < 4.78 is 15.1. The van der Waals surface area contributed by atoms with Crippen LogP contribution in [-0.4, -0.2) is 33.0 Å². The topological polar surface area (TPSA) is 67.2 Å². The fourth-order valence-electron chi connectivity index (χ4n) is 4.18. The normalized spacial score (nSPS) is 12.8. The average Bonchev–Trinajstić information content (AvgIpc) is 3.18. The van der Waals surface area contributed by atoms with Crippen LogP contribution in [0.2, 0.25) is 0 Å². The third kappa shape index (κ3) is 4.56. The lowest BCUT2D eigenvalue weighted by atomic mass is 9.95. The number of nitrogens with one attached hydrogen (secondary N) is 1. The number of carbonyl (C=O) groups excluding carboxylic acids is 2. The molecule has 7 heteroatoms. The maximum absolute atomic E-state index is 13.4. The largest absolute Gasteiger partial charge is 0.339 e. The van der Waals surface area contributed by atoms with Crippen molar-refractivity contribution in [2.45, 2.75) is 46.1 Å². The van der Waals surface area contributed by atoms with Gasteiger partial charge in [0.2, 0.25) is 5.91 Å². The minimum atomic E-state index is -0.306. The Bertz CT molecular complexity index is 1140. The fraction of sp³-hybridized carbons (Fsp3) is 0.320. The van der Waals surface area contributed by atoms with E-state index in [2.05, 4.69) is 10.4 Å². The lowest BCUT2D eigenvalue weighted by molar-refractivity contribution is -0.129. The predicted molar refractivity (Wildman–Crippen MR) is 121 cm³/mol. The van der Waals surface area contributed by atoms with Gasteiger partial charge in [0.05, 0.1) is 5.69 Å². The summed E-state index contributed by atoms with van der Waals surface area (Å²) in [5.74, 6) is -0.556. The van der Waals surface area contributed by atoms with Crippen LogP contribution in [0.15, 0.2) is 48.5 Å². The molecule has 0 atom stereocenters. The standard InChI is InChI=1S/C25H27FN4O2/c1-3-29(17(2)31)16-18-7-6-8-20(15-18)27-25(32)24-22-9-4-5-10-23(22)30(28-24)21-13-11-19(26)12-14-21/h6-8,11-15H,3-5,9-10,16H2,1-2H3,(H,27,32). The van der Waals surface area contributed by atoms with Crippen LogP contribution >= 0.6 is 0 Å². The van der Waals surface area contributed by atoms with Gasteiger partial charge in [0.25, 0.3) is 5.91 Å². The van der Waals surface area contributed by atoms with E-state index in [0.717, 1.165) is 48.2 Å². The molecule has 1 heterocycles. The molecule has 3 aromatic rings. The molecule has 0 aliphatic heterocycles. The van der Waals surface area contributed by atoms with E-state index >= 15 is 0 Å². The highest BCUT2D eigenvalue weighted by Gasteiger charge is 2.25. The zero-order valence-corrected chi connectivity index (χ0v) is 18.4. The molecule has 4 rings (SSSR count). The summed E-state index contributed by atoms with van der Waals surface area (Å²) in [7, 11) is 0. The van der Waals surface area contributed by atoms with Crippen molar-refractivity contribution >= 4 is 17.5 Å². The molecule has 1 aromatic heterocycles. The van der Waals surface area contributed by atoms with Crippen LogP contribution in [-0.2, 0) is 24.2 Å². The van der Waals surface area contributed by atoms with E-state index in [-0.39, 0.29) is 17.6 Å². The number of benzene rings is 2. The van der Waals surface area contributed by atoms with E-state index in [0.29, 0.717) is 24.5 Å². The average molecular weight is 435 g/mol. The highest BCUT2D eigenvalue weighted by Crippen LogP contribution is 2.28. The molecule has 2 amide bonds.